The summed E-state index contributed by atoms with van der Waals surface area (Å²) in [6.07, 6.45) is 8.17. The van der Waals surface area contributed by atoms with Gasteiger partial charge < -0.3 is 10.6 Å². The SMILES string of the molecule is CCCC1(CNC(=O)CC2CCCN2)CC1. The van der Waals surface area contributed by atoms with E-state index in [0.29, 0.717) is 17.9 Å². The monoisotopic (exact) mass is 224 g/mol. The van der Waals surface area contributed by atoms with Crippen molar-refractivity contribution in [1.29, 1.82) is 0 Å². The van der Waals surface area contributed by atoms with E-state index >= 15 is 0 Å². The quantitative estimate of drug-likeness (QED) is 0.722. The number of nitrogens with one attached hydrogen (secondary N) is 2. The molecule has 1 aliphatic carbocycles. The summed E-state index contributed by atoms with van der Waals surface area (Å²) in [7, 11) is 0. The Morgan fingerprint density at radius 3 is 2.88 bits per heavy atom. The van der Waals surface area contributed by atoms with E-state index in [2.05, 4.69) is 17.6 Å². The number of rotatable bonds is 6. The molecule has 2 fully saturated rings. The highest BCUT2D eigenvalue weighted by molar-refractivity contribution is 5.76. The number of carbonyl (C=O) groups excluding carboxylic acids is 1. The first kappa shape index (κ1) is 11.9. The van der Waals surface area contributed by atoms with Crippen LogP contribution >= 0.6 is 0 Å². The predicted octanol–water partition coefficient (Wildman–Crippen LogP) is 1.82. The lowest BCUT2D eigenvalue weighted by molar-refractivity contribution is -0.121. The van der Waals surface area contributed by atoms with Crippen molar-refractivity contribution < 1.29 is 4.79 Å². The zero-order valence-corrected chi connectivity index (χ0v) is 10.3. The fourth-order valence-electron chi connectivity index (χ4n) is 2.74. The lowest BCUT2D eigenvalue weighted by atomic mass is 10.0. The van der Waals surface area contributed by atoms with Crippen LogP contribution in [0.3, 0.4) is 0 Å². The van der Waals surface area contributed by atoms with Gasteiger partial charge in [-0.2, -0.15) is 0 Å². The Balaban J connectivity index is 1.63. The van der Waals surface area contributed by atoms with Crippen LogP contribution in [0.25, 0.3) is 0 Å². The van der Waals surface area contributed by atoms with Crippen molar-refractivity contribution in [3.05, 3.63) is 0 Å². The maximum atomic E-state index is 11.7. The molecule has 1 saturated heterocycles. The summed E-state index contributed by atoms with van der Waals surface area (Å²) < 4.78 is 0. The Morgan fingerprint density at radius 2 is 2.31 bits per heavy atom. The Labute approximate surface area is 98.4 Å². The minimum absolute atomic E-state index is 0.238. The standard InChI is InChI=1S/C13H24N2O/c1-2-5-13(6-7-13)10-15-12(16)9-11-4-3-8-14-11/h11,14H,2-10H2,1H3,(H,15,16). The van der Waals surface area contributed by atoms with Gasteiger partial charge in [0.15, 0.2) is 0 Å². The molecule has 0 aromatic carbocycles. The molecule has 1 heterocycles. The smallest absolute Gasteiger partial charge is 0.221 e. The first-order chi connectivity index (χ1) is 7.74. The van der Waals surface area contributed by atoms with Crippen LogP contribution in [-0.4, -0.2) is 25.0 Å². The molecular formula is C13H24N2O. The fourth-order valence-corrected chi connectivity index (χ4v) is 2.74. The molecule has 0 radical (unpaired) electrons. The topological polar surface area (TPSA) is 41.1 Å². The van der Waals surface area contributed by atoms with Gasteiger partial charge in [-0.1, -0.05) is 13.3 Å². The molecule has 2 N–H and O–H groups in total. The van der Waals surface area contributed by atoms with Crippen molar-refractivity contribution in [2.75, 3.05) is 13.1 Å². The van der Waals surface area contributed by atoms with E-state index in [-0.39, 0.29) is 5.91 Å². The third-order valence-electron chi connectivity index (χ3n) is 3.99. The molecule has 0 spiro atoms. The summed E-state index contributed by atoms with van der Waals surface area (Å²) >= 11 is 0. The molecule has 3 heteroatoms. The largest absolute Gasteiger partial charge is 0.355 e. The average Bonchev–Trinajstić information content (AvgIpc) is 2.83. The third kappa shape index (κ3) is 3.21. The Kier molecular flexibility index (Phi) is 3.85. The van der Waals surface area contributed by atoms with Crippen molar-refractivity contribution in [1.82, 2.24) is 10.6 Å². The second-order valence-electron chi connectivity index (χ2n) is 5.52. The molecule has 3 nitrogen and oxygen atoms in total. The van der Waals surface area contributed by atoms with Crippen molar-refractivity contribution >= 4 is 5.91 Å². The number of carbonyl (C=O) groups is 1. The molecule has 1 aliphatic heterocycles. The van der Waals surface area contributed by atoms with Crippen molar-refractivity contribution in [2.24, 2.45) is 5.41 Å². The fraction of sp³-hybridized carbons (Fsp3) is 0.923. The maximum absolute atomic E-state index is 11.7. The molecule has 16 heavy (non-hydrogen) atoms. The maximum Gasteiger partial charge on any atom is 0.221 e. The molecule has 0 aromatic heterocycles. The van der Waals surface area contributed by atoms with E-state index in [1.165, 1.54) is 32.1 Å². The summed E-state index contributed by atoms with van der Waals surface area (Å²) in [5.41, 5.74) is 0.480. The van der Waals surface area contributed by atoms with Crippen LogP contribution in [-0.2, 0) is 4.79 Å². The van der Waals surface area contributed by atoms with Crippen LogP contribution in [0.1, 0.15) is 51.9 Å². The zero-order chi connectivity index (χ0) is 11.4. The van der Waals surface area contributed by atoms with Gasteiger partial charge >= 0.3 is 0 Å². The van der Waals surface area contributed by atoms with E-state index in [9.17, 15) is 4.79 Å². The van der Waals surface area contributed by atoms with Crippen molar-refractivity contribution in [2.45, 2.75) is 57.9 Å². The highest BCUT2D eigenvalue weighted by Crippen LogP contribution is 2.48. The van der Waals surface area contributed by atoms with E-state index in [0.717, 1.165) is 19.5 Å². The van der Waals surface area contributed by atoms with Gasteiger partial charge in [-0.3, -0.25) is 4.79 Å². The van der Waals surface area contributed by atoms with Gasteiger partial charge in [-0.15, -0.1) is 0 Å². The van der Waals surface area contributed by atoms with Crippen molar-refractivity contribution in [3.63, 3.8) is 0 Å². The van der Waals surface area contributed by atoms with Crippen LogP contribution in [0, 0.1) is 5.41 Å². The average molecular weight is 224 g/mol. The molecular weight excluding hydrogens is 200 g/mol. The van der Waals surface area contributed by atoms with Crippen LogP contribution in [0.15, 0.2) is 0 Å². The summed E-state index contributed by atoms with van der Waals surface area (Å²) in [5, 5.41) is 6.48. The highest BCUT2D eigenvalue weighted by Gasteiger charge is 2.41. The molecule has 1 atom stereocenters. The van der Waals surface area contributed by atoms with Crippen LogP contribution in [0.4, 0.5) is 0 Å². The zero-order valence-electron chi connectivity index (χ0n) is 10.3. The second kappa shape index (κ2) is 5.17. The summed E-state index contributed by atoms with van der Waals surface area (Å²) in [6.45, 7) is 4.22. The van der Waals surface area contributed by atoms with Crippen LogP contribution < -0.4 is 10.6 Å². The summed E-state index contributed by atoms with van der Waals surface area (Å²) in [5.74, 6) is 0.238. The Hall–Kier alpha value is -0.570. The second-order valence-corrected chi connectivity index (χ2v) is 5.52. The summed E-state index contributed by atoms with van der Waals surface area (Å²) in [4.78, 5) is 11.7. The lowest BCUT2D eigenvalue weighted by Crippen LogP contribution is -2.35. The van der Waals surface area contributed by atoms with E-state index in [1.807, 2.05) is 0 Å². The normalized spacial score (nSPS) is 26.7. The first-order valence-electron chi connectivity index (χ1n) is 6.74. The molecule has 2 aliphatic rings. The molecule has 0 bridgehead atoms. The molecule has 2 rings (SSSR count). The van der Waals surface area contributed by atoms with E-state index in [1.54, 1.807) is 0 Å². The number of amides is 1. The van der Waals surface area contributed by atoms with E-state index < -0.39 is 0 Å². The van der Waals surface area contributed by atoms with Gasteiger partial charge in [0.2, 0.25) is 5.91 Å². The minimum atomic E-state index is 0.238. The summed E-state index contributed by atoms with van der Waals surface area (Å²) in [6, 6.07) is 0.432. The van der Waals surface area contributed by atoms with Gasteiger partial charge in [-0.05, 0) is 44.1 Å². The molecule has 92 valence electrons. The van der Waals surface area contributed by atoms with E-state index in [4.69, 9.17) is 0 Å². The minimum Gasteiger partial charge on any atom is -0.355 e. The van der Waals surface area contributed by atoms with Gasteiger partial charge in [0.25, 0.3) is 0 Å². The molecule has 0 aromatic rings. The Bertz CT molecular complexity index is 242. The van der Waals surface area contributed by atoms with Gasteiger partial charge in [-0.25, -0.2) is 0 Å². The number of hydrogen-bond donors (Lipinski definition) is 2. The first-order valence-corrected chi connectivity index (χ1v) is 6.74. The van der Waals surface area contributed by atoms with Gasteiger partial charge in [0.05, 0.1) is 0 Å². The molecule has 1 saturated carbocycles. The van der Waals surface area contributed by atoms with Gasteiger partial charge in [0.1, 0.15) is 0 Å². The lowest BCUT2D eigenvalue weighted by Gasteiger charge is -2.16. The highest BCUT2D eigenvalue weighted by atomic mass is 16.1. The molecule has 1 amide bonds. The predicted molar refractivity (Wildman–Crippen MR) is 65.2 cm³/mol. The molecule has 1 unspecified atom stereocenters. The number of hydrogen-bond acceptors (Lipinski definition) is 2. The van der Waals surface area contributed by atoms with Crippen LogP contribution in [0.2, 0.25) is 0 Å². The van der Waals surface area contributed by atoms with Crippen LogP contribution in [0.5, 0.6) is 0 Å². The Morgan fingerprint density at radius 1 is 1.50 bits per heavy atom. The third-order valence-corrected chi connectivity index (χ3v) is 3.99. The van der Waals surface area contributed by atoms with Gasteiger partial charge in [0, 0.05) is 19.0 Å². The van der Waals surface area contributed by atoms with Crippen molar-refractivity contribution in [3.8, 4) is 0 Å².